The van der Waals surface area contributed by atoms with Crippen LogP contribution >= 0.6 is 0 Å². The highest BCUT2D eigenvalue weighted by Crippen LogP contribution is 2.30. The molecule has 2 N–H and O–H groups in total. The Kier molecular flexibility index (Phi) is 13.7. The molecule has 0 fully saturated rings. The van der Waals surface area contributed by atoms with Crippen molar-refractivity contribution in [3.8, 4) is 11.5 Å². The molecule has 1 unspecified atom stereocenters. The van der Waals surface area contributed by atoms with Crippen LogP contribution in [0.25, 0.3) is 0 Å². The molecule has 12 nitrogen and oxygen atoms in total. The van der Waals surface area contributed by atoms with Crippen LogP contribution in [0.2, 0.25) is 0 Å². The van der Waals surface area contributed by atoms with Crippen molar-refractivity contribution >= 4 is 24.4 Å². The monoisotopic (exact) mass is 513 g/mol. The molecule has 12 heteroatoms. The molecule has 1 aromatic rings. The van der Waals surface area contributed by atoms with Gasteiger partial charge in [-0.1, -0.05) is 19.4 Å². The number of hydrogen-bond donors (Lipinski definition) is 1. The van der Waals surface area contributed by atoms with Crippen LogP contribution in [0.15, 0.2) is 18.2 Å². The topological polar surface area (TPSA) is 159 Å². The minimum atomic E-state index is -1.09. The lowest BCUT2D eigenvalue weighted by Gasteiger charge is -2.18. The molecule has 36 heavy (non-hydrogen) atoms. The van der Waals surface area contributed by atoms with E-state index < -0.39 is 36.6 Å². The Morgan fingerprint density at radius 3 is 2.00 bits per heavy atom. The first-order chi connectivity index (χ1) is 17.1. The van der Waals surface area contributed by atoms with Crippen molar-refractivity contribution in [1.29, 1.82) is 0 Å². The van der Waals surface area contributed by atoms with Crippen LogP contribution in [0.3, 0.4) is 0 Å². The molecule has 0 heterocycles. The third-order valence-corrected chi connectivity index (χ3v) is 4.42. The summed E-state index contributed by atoms with van der Waals surface area (Å²) in [5.41, 5.74) is 6.44. The maximum atomic E-state index is 12.4. The smallest absolute Gasteiger partial charge is 0.458 e. The lowest BCUT2D eigenvalue weighted by Crippen LogP contribution is -2.37. The van der Waals surface area contributed by atoms with E-state index in [4.69, 9.17) is 38.9 Å². The van der Waals surface area contributed by atoms with E-state index in [0.717, 1.165) is 6.42 Å². The van der Waals surface area contributed by atoms with Crippen molar-refractivity contribution in [1.82, 2.24) is 0 Å². The Bertz CT molecular complexity index is 874. The van der Waals surface area contributed by atoms with Gasteiger partial charge in [0.2, 0.25) is 0 Å². The van der Waals surface area contributed by atoms with E-state index in [0.29, 0.717) is 12.0 Å². The molecule has 0 aliphatic carbocycles. The normalized spacial score (nSPS) is 12.9. The molecule has 0 saturated carbocycles. The molecular formula is C24H35NO11. The molecule has 1 aromatic carbocycles. The van der Waals surface area contributed by atoms with Crippen LogP contribution < -0.4 is 15.2 Å². The van der Waals surface area contributed by atoms with E-state index in [9.17, 15) is 19.2 Å². The molecule has 0 spiro atoms. The minimum Gasteiger partial charge on any atom is -0.458 e. The van der Waals surface area contributed by atoms with E-state index >= 15 is 0 Å². The fourth-order valence-corrected chi connectivity index (χ4v) is 2.82. The number of ether oxygens (including phenoxy) is 7. The second kappa shape index (κ2) is 16.2. The summed E-state index contributed by atoms with van der Waals surface area (Å²) in [6.07, 6.45) is -2.32. The molecular weight excluding hydrogens is 478 g/mol. The third-order valence-electron chi connectivity index (χ3n) is 4.42. The van der Waals surface area contributed by atoms with Gasteiger partial charge in [0, 0.05) is 0 Å². The Balaban J connectivity index is 2.74. The number of benzene rings is 1. The van der Waals surface area contributed by atoms with Gasteiger partial charge in [-0.2, -0.15) is 0 Å². The molecule has 0 aliphatic heterocycles. The van der Waals surface area contributed by atoms with Crippen molar-refractivity contribution in [2.24, 2.45) is 5.73 Å². The largest absolute Gasteiger partial charge is 0.513 e. The van der Waals surface area contributed by atoms with E-state index in [2.05, 4.69) is 0 Å². The number of carbonyl (C=O) groups is 4. The maximum Gasteiger partial charge on any atom is 0.513 e. The summed E-state index contributed by atoms with van der Waals surface area (Å²) < 4.78 is 34.9. The lowest BCUT2D eigenvalue weighted by molar-refractivity contribution is -0.152. The number of esters is 1. The molecule has 0 radical (unpaired) electrons. The minimum absolute atomic E-state index is 0.00184. The van der Waals surface area contributed by atoms with Gasteiger partial charge in [0.15, 0.2) is 11.5 Å². The highest BCUT2D eigenvalue weighted by molar-refractivity contribution is 5.76. The van der Waals surface area contributed by atoms with Crippen LogP contribution in [0.1, 0.15) is 53.0 Å². The zero-order chi connectivity index (χ0) is 27.1. The van der Waals surface area contributed by atoms with Gasteiger partial charge in [-0.25, -0.2) is 14.4 Å². The van der Waals surface area contributed by atoms with Crippen molar-refractivity contribution in [2.45, 2.75) is 72.1 Å². The lowest BCUT2D eigenvalue weighted by atomic mass is 10.1. The van der Waals surface area contributed by atoms with Gasteiger partial charge < -0.3 is 38.9 Å². The zero-order valence-electron chi connectivity index (χ0n) is 21.3. The number of rotatable bonds is 13. The van der Waals surface area contributed by atoms with E-state index in [-0.39, 0.29) is 43.8 Å². The predicted molar refractivity (Wildman–Crippen MR) is 126 cm³/mol. The SMILES string of the molecule is CCCC(C)OC(=O)OC[C@H](C)OC(=O)[C@@H](N)Cc1ccc(OC(=O)OCC)c(OC(=O)OCC)c1. The number of nitrogens with two attached hydrogens (primary N) is 1. The van der Waals surface area contributed by atoms with E-state index in [1.54, 1.807) is 27.7 Å². The summed E-state index contributed by atoms with van der Waals surface area (Å²) in [5.74, 6) is -0.956. The van der Waals surface area contributed by atoms with Gasteiger partial charge in [-0.3, -0.25) is 4.79 Å². The third kappa shape index (κ3) is 11.7. The first kappa shape index (κ1) is 30.5. The van der Waals surface area contributed by atoms with E-state index in [1.807, 2.05) is 6.92 Å². The molecule has 202 valence electrons. The summed E-state index contributed by atoms with van der Waals surface area (Å²) in [5, 5.41) is 0. The Morgan fingerprint density at radius 1 is 0.806 bits per heavy atom. The second-order valence-electron chi connectivity index (χ2n) is 7.69. The van der Waals surface area contributed by atoms with Crippen molar-refractivity contribution in [3.05, 3.63) is 23.8 Å². The summed E-state index contributed by atoms with van der Waals surface area (Å²) >= 11 is 0. The summed E-state index contributed by atoms with van der Waals surface area (Å²) in [6.45, 7) is 8.43. The van der Waals surface area contributed by atoms with E-state index in [1.165, 1.54) is 18.2 Å². The Morgan fingerprint density at radius 2 is 1.42 bits per heavy atom. The number of carbonyl (C=O) groups excluding carboxylic acids is 4. The molecule has 0 saturated heterocycles. The van der Waals surface area contributed by atoms with Crippen molar-refractivity contribution in [2.75, 3.05) is 19.8 Å². The zero-order valence-corrected chi connectivity index (χ0v) is 21.3. The second-order valence-corrected chi connectivity index (χ2v) is 7.69. The van der Waals surface area contributed by atoms with Gasteiger partial charge in [0.25, 0.3) is 0 Å². The van der Waals surface area contributed by atoms with Gasteiger partial charge in [0.05, 0.1) is 13.2 Å². The average molecular weight is 514 g/mol. The summed E-state index contributed by atoms with van der Waals surface area (Å²) in [6, 6.07) is 3.18. The van der Waals surface area contributed by atoms with Crippen LogP contribution in [0, 0.1) is 0 Å². The first-order valence-corrected chi connectivity index (χ1v) is 11.7. The Labute approximate surface area is 210 Å². The molecule has 0 aliphatic rings. The van der Waals surface area contributed by atoms with Crippen LogP contribution in [-0.2, 0) is 34.9 Å². The standard InChI is InChI=1S/C24H35NO11/c1-6-9-15(4)34-24(29)32-14-16(5)33-21(26)18(25)12-17-10-11-19(35-22(27)30-7-2)20(13-17)36-23(28)31-8-3/h10-11,13,15-16,18H,6-9,12,14,25H2,1-5H3/t15?,16-,18-/m0/s1. The highest BCUT2D eigenvalue weighted by atomic mass is 16.7. The van der Waals surface area contributed by atoms with Crippen molar-refractivity contribution in [3.63, 3.8) is 0 Å². The first-order valence-electron chi connectivity index (χ1n) is 11.7. The van der Waals surface area contributed by atoms with Gasteiger partial charge in [-0.05, 0) is 58.2 Å². The van der Waals surface area contributed by atoms with Crippen molar-refractivity contribution < 1.29 is 52.3 Å². The summed E-state index contributed by atoms with van der Waals surface area (Å²) in [4.78, 5) is 47.5. The van der Waals surface area contributed by atoms with Gasteiger partial charge >= 0.3 is 24.4 Å². The van der Waals surface area contributed by atoms with Crippen LogP contribution in [0.4, 0.5) is 14.4 Å². The molecule has 0 aromatic heterocycles. The Hall–Kier alpha value is -3.54. The average Bonchev–Trinajstić information content (AvgIpc) is 2.79. The fourth-order valence-electron chi connectivity index (χ4n) is 2.82. The quantitative estimate of drug-likeness (QED) is 0.231. The number of hydrogen-bond acceptors (Lipinski definition) is 12. The van der Waals surface area contributed by atoms with Crippen LogP contribution in [-0.4, -0.2) is 62.5 Å². The van der Waals surface area contributed by atoms with Gasteiger partial charge in [0.1, 0.15) is 24.9 Å². The van der Waals surface area contributed by atoms with Crippen LogP contribution in [0.5, 0.6) is 11.5 Å². The fraction of sp³-hybridized carbons (Fsp3) is 0.583. The highest BCUT2D eigenvalue weighted by Gasteiger charge is 2.22. The molecule has 1 rings (SSSR count). The van der Waals surface area contributed by atoms with Gasteiger partial charge in [-0.15, -0.1) is 0 Å². The molecule has 0 amide bonds. The molecule has 0 bridgehead atoms. The summed E-state index contributed by atoms with van der Waals surface area (Å²) in [7, 11) is 0. The maximum absolute atomic E-state index is 12.4. The predicted octanol–water partition coefficient (Wildman–Crippen LogP) is 3.90. The molecule has 3 atom stereocenters.